The van der Waals surface area contributed by atoms with Gasteiger partial charge in [0.15, 0.2) is 0 Å². The quantitative estimate of drug-likeness (QED) is 0.219. The zero-order chi connectivity index (χ0) is 30.5. The topological polar surface area (TPSA) is 40.5 Å². The molecule has 45 heavy (non-hydrogen) atoms. The van der Waals surface area contributed by atoms with E-state index in [1.165, 1.54) is 0 Å². The van der Waals surface area contributed by atoms with E-state index in [2.05, 4.69) is 97.6 Å². The van der Waals surface area contributed by atoms with Crippen LogP contribution in [0.2, 0.25) is 0 Å². The maximum atomic E-state index is 13.6. The van der Waals surface area contributed by atoms with Crippen LogP contribution in [0.1, 0.15) is 29.2 Å². The molecule has 0 aliphatic heterocycles. The molecule has 4 unspecified atom stereocenters. The molecule has 0 radical (unpaired) electrons. The lowest BCUT2D eigenvalue weighted by molar-refractivity contribution is -0.0450. The van der Waals surface area contributed by atoms with Crippen molar-refractivity contribution in [1.29, 1.82) is 0 Å². The Morgan fingerprint density at radius 3 is 1.44 bits per heavy atom. The summed E-state index contributed by atoms with van der Waals surface area (Å²) in [4.78, 5) is 0. The Balaban J connectivity index is 1.35. The molecule has 0 bridgehead atoms. The molecule has 2 heteroatoms. The molecule has 3 aliphatic rings. The van der Waals surface area contributed by atoms with E-state index >= 15 is 0 Å². The van der Waals surface area contributed by atoms with Crippen LogP contribution in [0.3, 0.4) is 0 Å². The summed E-state index contributed by atoms with van der Waals surface area (Å²) in [6.45, 7) is 6.60. The van der Waals surface area contributed by atoms with Gasteiger partial charge >= 0.3 is 0 Å². The van der Waals surface area contributed by atoms with Crippen molar-refractivity contribution in [3.05, 3.63) is 180 Å². The number of fused-ring (bicyclic) bond motifs is 8. The summed E-state index contributed by atoms with van der Waals surface area (Å²) in [5.41, 5.74) is 6.50. The van der Waals surface area contributed by atoms with Crippen molar-refractivity contribution >= 4 is 21.5 Å². The smallest absolute Gasteiger partial charge is 0.123 e. The predicted molar refractivity (Wildman–Crippen MR) is 184 cm³/mol. The van der Waals surface area contributed by atoms with Gasteiger partial charge in [-0.05, 0) is 108 Å². The van der Waals surface area contributed by atoms with Gasteiger partial charge in [0.2, 0.25) is 0 Å². The van der Waals surface area contributed by atoms with E-state index in [9.17, 15) is 10.2 Å². The van der Waals surface area contributed by atoms with Gasteiger partial charge in [-0.3, -0.25) is 0 Å². The van der Waals surface area contributed by atoms with Crippen LogP contribution >= 0.6 is 0 Å². The predicted octanol–water partition coefficient (Wildman–Crippen LogP) is 9.43. The van der Waals surface area contributed by atoms with Crippen LogP contribution in [0.15, 0.2) is 157 Å². The van der Waals surface area contributed by atoms with Crippen molar-refractivity contribution in [3.8, 4) is 22.3 Å². The largest absolute Gasteiger partial charge is 0.380 e. The summed E-state index contributed by atoms with van der Waals surface area (Å²) in [5, 5.41) is 31.5. The normalized spacial score (nSPS) is 24.6. The van der Waals surface area contributed by atoms with Crippen molar-refractivity contribution in [3.63, 3.8) is 0 Å². The average Bonchev–Trinajstić information content (AvgIpc) is 3.63. The zero-order valence-electron chi connectivity index (χ0n) is 25.0. The van der Waals surface area contributed by atoms with Gasteiger partial charge in [-0.2, -0.15) is 0 Å². The first-order valence-electron chi connectivity index (χ1n) is 15.7. The second-order valence-corrected chi connectivity index (χ2v) is 12.8. The van der Waals surface area contributed by atoms with Crippen LogP contribution < -0.4 is 0 Å². The van der Waals surface area contributed by atoms with E-state index in [0.29, 0.717) is 0 Å². The minimum absolute atomic E-state index is 0.514. The monoisotopic (exact) mass is 580 g/mol. The van der Waals surface area contributed by atoms with Crippen LogP contribution in [0.25, 0.3) is 43.8 Å². The summed E-state index contributed by atoms with van der Waals surface area (Å²) in [6, 6.07) is 41.8. The second-order valence-electron chi connectivity index (χ2n) is 12.8. The number of hydrogen-bond acceptors (Lipinski definition) is 2. The van der Waals surface area contributed by atoms with E-state index < -0.39 is 23.0 Å². The van der Waals surface area contributed by atoms with Gasteiger partial charge in [-0.15, -0.1) is 0 Å². The molecule has 6 aromatic carbocycles. The summed E-state index contributed by atoms with van der Waals surface area (Å²) < 4.78 is 0. The van der Waals surface area contributed by atoms with Crippen LogP contribution in [-0.2, 0) is 11.2 Å². The Morgan fingerprint density at radius 2 is 0.956 bits per heavy atom. The molecule has 216 valence electrons. The van der Waals surface area contributed by atoms with Gasteiger partial charge < -0.3 is 10.2 Å². The molecule has 0 heterocycles. The minimum Gasteiger partial charge on any atom is -0.380 e. The Hall–Kier alpha value is -5.02. The zero-order valence-corrected chi connectivity index (χ0v) is 25.0. The lowest BCUT2D eigenvalue weighted by atomic mass is 9.63. The molecule has 0 saturated carbocycles. The van der Waals surface area contributed by atoms with Crippen LogP contribution in [0.5, 0.6) is 0 Å². The van der Waals surface area contributed by atoms with Crippen molar-refractivity contribution in [2.75, 3.05) is 0 Å². The summed E-state index contributed by atoms with van der Waals surface area (Å²) in [7, 11) is 0. The summed E-state index contributed by atoms with van der Waals surface area (Å²) >= 11 is 0. The molecule has 6 aromatic rings. The van der Waals surface area contributed by atoms with E-state index in [1.54, 1.807) is 0 Å². The number of benzene rings is 6. The number of allylic oxidation sites excluding steroid dienone is 3. The fraction of sp³-hybridized carbons (Fsp3) is 0.116. The fourth-order valence-corrected chi connectivity index (χ4v) is 8.75. The highest BCUT2D eigenvalue weighted by Crippen LogP contribution is 2.64. The number of hydrogen-bond donors (Lipinski definition) is 2. The fourth-order valence-electron chi connectivity index (χ4n) is 8.75. The highest BCUT2D eigenvalue weighted by Gasteiger charge is 2.61. The maximum Gasteiger partial charge on any atom is 0.123 e. The van der Waals surface area contributed by atoms with Crippen molar-refractivity contribution < 1.29 is 10.2 Å². The Labute approximate surface area is 262 Å². The summed E-state index contributed by atoms with van der Waals surface area (Å²) in [6.07, 6.45) is 6.20. The van der Waals surface area contributed by atoms with Crippen molar-refractivity contribution in [2.45, 2.75) is 18.1 Å². The molecule has 2 nitrogen and oxygen atoms in total. The molecule has 2 N–H and O–H groups in total. The van der Waals surface area contributed by atoms with Crippen LogP contribution in [0.4, 0.5) is 0 Å². The molecule has 9 rings (SSSR count). The van der Waals surface area contributed by atoms with Crippen molar-refractivity contribution in [1.82, 2.24) is 0 Å². The summed E-state index contributed by atoms with van der Waals surface area (Å²) in [5.74, 6) is -1.05. The molecular weight excluding hydrogens is 548 g/mol. The average molecular weight is 581 g/mol. The third-order valence-corrected chi connectivity index (χ3v) is 10.6. The SMILES string of the molecule is C=C1C=C(/C=C\C)C(C2(O)c3ccccc3-c3cc4ccccc4cc32)C1C1(O)c2ccccc2-c2cc3ccccc3cc21. The first kappa shape index (κ1) is 26.4. The molecular formula is C43H32O2. The van der Waals surface area contributed by atoms with Gasteiger partial charge in [0, 0.05) is 11.8 Å². The lowest BCUT2D eigenvalue weighted by Crippen LogP contribution is -2.47. The minimum atomic E-state index is -1.43. The molecule has 0 fully saturated rings. The third-order valence-electron chi connectivity index (χ3n) is 10.6. The Kier molecular flexibility index (Phi) is 5.42. The lowest BCUT2D eigenvalue weighted by Gasteiger charge is -2.44. The van der Waals surface area contributed by atoms with Gasteiger partial charge in [-0.25, -0.2) is 0 Å². The molecule has 0 saturated heterocycles. The molecule has 0 aromatic heterocycles. The maximum absolute atomic E-state index is 13.6. The van der Waals surface area contributed by atoms with E-state index in [4.69, 9.17) is 0 Å². The molecule has 0 spiro atoms. The van der Waals surface area contributed by atoms with Gasteiger partial charge in [0.05, 0.1) is 0 Å². The molecule has 4 atom stereocenters. The van der Waals surface area contributed by atoms with Gasteiger partial charge in [-0.1, -0.05) is 122 Å². The van der Waals surface area contributed by atoms with E-state index in [-0.39, 0.29) is 0 Å². The molecule has 3 aliphatic carbocycles. The first-order chi connectivity index (χ1) is 21.9. The third kappa shape index (κ3) is 3.36. The Morgan fingerprint density at radius 1 is 0.533 bits per heavy atom. The Bertz CT molecular complexity index is 2310. The second kappa shape index (κ2) is 9.25. The van der Waals surface area contributed by atoms with E-state index in [1.807, 2.05) is 55.5 Å². The highest BCUT2D eigenvalue weighted by molar-refractivity contribution is 5.95. The van der Waals surface area contributed by atoms with Gasteiger partial charge in [0.25, 0.3) is 0 Å². The van der Waals surface area contributed by atoms with Crippen LogP contribution in [0, 0.1) is 11.8 Å². The van der Waals surface area contributed by atoms with E-state index in [0.717, 1.165) is 77.2 Å². The number of aliphatic hydroxyl groups is 2. The first-order valence-corrected chi connectivity index (χ1v) is 15.7. The molecule has 0 amide bonds. The van der Waals surface area contributed by atoms with Crippen molar-refractivity contribution in [2.24, 2.45) is 11.8 Å². The highest BCUT2D eigenvalue weighted by atomic mass is 16.3. The van der Waals surface area contributed by atoms with Gasteiger partial charge in [0.1, 0.15) is 11.2 Å². The van der Waals surface area contributed by atoms with Crippen LogP contribution in [-0.4, -0.2) is 10.2 Å². The number of rotatable bonds is 3. The standard InChI is InChI=1S/C43H32O2/c1-3-12-31-21-26(2)40(42(44)36-19-10-8-17-32(36)34-22-27-13-4-6-15-29(27)24-38(34)42)41(31)43(45)37-20-11-9-18-33(37)35-23-28-14-5-7-16-30(28)25-39(35)43/h3-25,40-41,44-45H,2H2,1H3/b12-3-.